The Bertz CT molecular complexity index is 427. The maximum Gasteiger partial charge on any atom is 0.118 e. The molecule has 3 nitrogen and oxygen atoms in total. The summed E-state index contributed by atoms with van der Waals surface area (Å²) in [6, 6.07) is 7.95. The van der Waals surface area contributed by atoms with Gasteiger partial charge in [-0.25, -0.2) is 0 Å². The molecule has 1 fully saturated rings. The second kappa shape index (κ2) is 8.20. The van der Waals surface area contributed by atoms with Crippen LogP contribution >= 0.6 is 0 Å². The first-order valence-electron chi connectivity index (χ1n) is 7.74. The summed E-state index contributed by atoms with van der Waals surface area (Å²) in [5.74, 6) is 1.69. The van der Waals surface area contributed by atoms with Crippen LogP contribution < -0.4 is 4.74 Å². The molecule has 1 aliphatic carbocycles. The third-order valence-corrected chi connectivity index (χ3v) is 4.38. The van der Waals surface area contributed by atoms with Gasteiger partial charge in [-0.15, -0.1) is 6.58 Å². The maximum absolute atomic E-state index is 10.2. The van der Waals surface area contributed by atoms with Crippen molar-refractivity contribution in [3.63, 3.8) is 0 Å². The summed E-state index contributed by atoms with van der Waals surface area (Å²) in [5, 5.41) is 10.2. The van der Waals surface area contributed by atoms with Gasteiger partial charge in [0.15, 0.2) is 0 Å². The van der Waals surface area contributed by atoms with Crippen molar-refractivity contribution in [2.45, 2.75) is 38.4 Å². The van der Waals surface area contributed by atoms with Gasteiger partial charge in [0, 0.05) is 0 Å². The lowest BCUT2D eigenvalue weighted by molar-refractivity contribution is 0.0301. The molecular weight excluding hydrogens is 264 g/mol. The van der Waals surface area contributed by atoms with Crippen LogP contribution in [0.4, 0.5) is 0 Å². The van der Waals surface area contributed by atoms with Crippen molar-refractivity contribution in [3.8, 4) is 5.75 Å². The van der Waals surface area contributed by atoms with Crippen LogP contribution in [-0.2, 0) is 11.3 Å². The minimum Gasteiger partial charge on any atom is -0.497 e. The van der Waals surface area contributed by atoms with Crippen molar-refractivity contribution in [1.82, 2.24) is 0 Å². The second-order valence-corrected chi connectivity index (χ2v) is 5.81. The Hall–Kier alpha value is -1.32. The molecule has 21 heavy (non-hydrogen) atoms. The van der Waals surface area contributed by atoms with Crippen molar-refractivity contribution < 1.29 is 14.6 Å². The number of hydrogen-bond donors (Lipinski definition) is 1. The first-order valence-corrected chi connectivity index (χ1v) is 7.74. The van der Waals surface area contributed by atoms with E-state index in [1.54, 1.807) is 13.2 Å². The topological polar surface area (TPSA) is 38.7 Å². The van der Waals surface area contributed by atoms with Gasteiger partial charge in [-0.3, -0.25) is 0 Å². The average Bonchev–Trinajstić information content (AvgIpc) is 2.97. The zero-order valence-corrected chi connectivity index (χ0v) is 12.8. The Balaban J connectivity index is 1.77. The van der Waals surface area contributed by atoms with E-state index in [1.165, 1.54) is 6.42 Å². The smallest absolute Gasteiger partial charge is 0.118 e. The summed E-state index contributed by atoms with van der Waals surface area (Å²) in [6.07, 6.45) is 5.67. The van der Waals surface area contributed by atoms with E-state index in [-0.39, 0.29) is 6.10 Å². The number of aliphatic hydroxyl groups excluding tert-OH is 1. The fraction of sp³-hybridized carbons (Fsp3) is 0.556. The van der Waals surface area contributed by atoms with Crippen LogP contribution in [0.5, 0.6) is 5.75 Å². The van der Waals surface area contributed by atoms with Crippen molar-refractivity contribution in [2.75, 3.05) is 13.7 Å². The molecule has 2 rings (SSSR count). The lowest BCUT2D eigenvalue weighted by Crippen LogP contribution is -2.26. The van der Waals surface area contributed by atoms with E-state index in [0.29, 0.717) is 24.9 Å². The number of benzene rings is 1. The summed E-state index contributed by atoms with van der Waals surface area (Å²) in [6.45, 7) is 5.05. The summed E-state index contributed by atoms with van der Waals surface area (Å²) in [4.78, 5) is 0. The van der Waals surface area contributed by atoms with Crippen LogP contribution in [0.15, 0.2) is 36.9 Å². The lowest BCUT2D eigenvalue weighted by Gasteiger charge is -2.24. The Kier molecular flexibility index (Phi) is 6.27. The van der Waals surface area contributed by atoms with Crippen LogP contribution in [0.25, 0.3) is 0 Å². The molecule has 0 saturated heterocycles. The van der Waals surface area contributed by atoms with Gasteiger partial charge in [0.2, 0.25) is 0 Å². The summed E-state index contributed by atoms with van der Waals surface area (Å²) < 4.78 is 11.0. The van der Waals surface area contributed by atoms with E-state index in [1.807, 2.05) is 24.3 Å². The molecule has 116 valence electrons. The van der Waals surface area contributed by atoms with E-state index in [4.69, 9.17) is 9.47 Å². The number of hydrogen-bond acceptors (Lipinski definition) is 3. The van der Waals surface area contributed by atoms with Gasteiger partial charge in [0.05, 0.1) is 26.4 Å². The third-order valence-electron chi connectivity index (χ3n) is 4.38. The van der Waals surface area contributed by atoms with Crippen LogP contribution in [0.2, 0.25) is 0 Å². The van der Waals surface area contributed by atoms with Crippen molar-refractivity contribution >= 4 is 0 Å². The maximum atomic E-state index is 10.2. The Morgan fingerprint density at radius 2 is 2.10 bits per heavy atom. The largest absolute Gasteiger partial charge is 0.497 e. The molecule has 1 aromatic rings. The molecule has 0 unspecified atom stereocenters. The molecule has 1 aliphatic rings. The number of aliphatic hydroxyl groups is 1. The highest BCUT2D eigenvalue weighted by Crippen LogP contribution is 2.35. The highest BCUT2D eigenvalue weighted by atomic mass is 16.5. The third kappa shape index (κ3) is 4.58. The monoisotopic (exact) mass is 290 g/mol. The lowest BCUT2D eigenvalue weighted by atomic mass is 9.89. The van der Waals surface area contributed by atoms with Gasteiger partial charge >= 0.3 is 0 Å². The van der Waals surface area contributed by atoms with Crippen molar-refractivity contribution in [3.05, 3.63) is 42.5 Å². The Labute approximate surface area is 127 Å². The predicted octanol–water partition coefficient (Wildman–Crippen LogP) is 3.57. The van der Waals surface area contributed by atoms with Crippen molar-refractivity contribution in [1.29, 1.82) is 0 Å². The minimum atomic E-state index is -0.264. The molecule has 0 heterocycles. The molecule has 0 bridgehead atoms. The van der Waals surface area contributed by atoms with Gasteiger partial charge in [-0.05, 0) is 48.8 Å². The van der Waals surface area contributed by atoms with Crippen LogP contribution in [-0.4, -0.2) is 24.9 Å². The number of ether oxygens (including phenoxy) is 2. The molecule has 0 amide bonds. The summed E-state index contributed by atoms with van der Waals surface area (Å²) in [7, 11) is 1.67. The molecule has 0 aromatic heterocycles. The molecule has 3 heteroatoms. The van der Waals surface area contributed by atoms with Crippen LogP contribution in [0, 0.1) is 11.8 Å². The number of rotatable bonds is 8. The quantitative estimate of drug-likeness (QED) is 0.744. The van der Waals surface area contributed by atoms with Gasteiger partial charge in [0.25, 0.3) is 0 Å². The van der Waals surface area contributed by atoms with E-state index >= 15 is 0 Å². The normalized spacial score (nSPS) is 23.0. The van der Waals surface area contributed by atoms with E-state index in [2.05, 4.69) is 6.58 Å². The molecule has 0 radical (unpaired) electrons. The van der Waals surface area contributed by atoms with Gasteiger partial charge in [-0.1, -0.05) is 24.6 Å². The van der Waals surface area contributed by atoms with E-state index in [0.717, 1.165) is 30.8 Å². The van der Waals surface area contributed by atoms with Gasteiger partial charge in [0.1, 0.15) is 5.75 Å². The Morgan fingerprint density at radius 1 is 1.33 bits per heavy atom. The summed E-state index contributed by atoms with van der Waals surface area (Å²) in [5.41, 5.74) is 1.15. The SMILES string of the molecule is C=CC[C@H](O)[C@@H]1CCC[C@H]1COCc1ccc(OC)cc1. The molecular formula is C18H26O3. The first kappa shape index (κ1) is 16.1. The molecule has 0 aliphatic heterocycles. The zero-order chi connectivity index (χ0) is 15.1. The second-order valence-electron chi connectivity index (χ2n) is 5.81. The number of methoxy groups -OCH3 is 1. The molecule has 1 aromatic carbocycles. The van der Waals surface area contributed by atoms with Crippen LogP contribution in [0.3, 0.4) is 0 Å². The molecule has 1 N–H and O–H groups in total. The van der Waals surface area contributed by atoms with E-state index < -0.39 is 0 Å². The Morgan fingerprint density at radius 3 is 2.76 bits per heavy atom. The fourth-order valence-corrected chi connectivity index (χ4v) is 3.17. The average molecular weight is 290 g/mol. The predicted molar refractivity (Wildman–Crippen MR) is 84.3 cm³/mol. The minimum absolute atomic E-state index is 0.264. The van der Waals surface area contributed by atoms with Gasteiger partial charge in [-0.2, -0.15) is 0 Å². The first-order chi connectivity index (χ1) is 10.2. The molecule has 0 spiro atoms. The zero-order valence-electron chi connectivity index (χ0n) is 12.8. The fourth-order valence-electron chi connectivity index (χ4n) is 3.17. The van der Waals surface area contributed by atoms with Crippen molar-refractivity contribution in [2.24, 2.45) is 11.8 Å². The molecule has 3 atom stereocenters. The molecule has 1 saturated carbocycles. The highest BCUT2D eigenvalue weighted by molar-refractivity contribution is 5.26. The highest BCUT2D eigenvalue weighted by Gasteiger charge is 2.32. The van der Waals surface area contributed by atoms with E-state index in [9.17, 15) is 5.11 Å². The summed E-state index contributed by atoms with van der Waals surface area (Å²) >= 11 is 0. The van der Waals surface area contributed by atoms with Crippen LogP contribution in [0.1, 0.15) is 31.2 Å². The van der Waals surface area contributed by atoms with Gasteiger partial charge < -0.3 is 14.6 Å². The standard InChI is InChI=1S/C18H26O3/c1-3-5-18(19)17-7-4-6-15(17)13-21-12-14-8-10-16(20-2)11-9-14/h3,8-11,15,17-19H,1,4-7,12-13H2,2H3/t15-,17+,18-/m0/s1.